The maximum atomic E-state index is 3.75. The molecule has 0 nitrogen and oxygen atoms in total. The summed E-state index contributed by atoms with van der Waals surface area (Å²) in [6, 6.07) is 0. The lowest BCUT2D eigenvalue weighted by Crippen LogP contribution is -1.71. The van der Waals surface area contributed by atoms with E-state index in [1.54, 1.807) is 0 Å². The molecule has 0 aromatic rings. The number of rotatable bonds is 2. The second-order valence-electron chi connectivity index (χ2n) is 1.42. The van der Waals surface area contributed by atoms with Gasteiger partial charge < -0.3 is 0 Å². The summed E-state index contributed by atoms with van der Waals surface area (Å²) in [5, 5.41) is -0.114. The molecule has 0 fully saturated rings. The first-order chi connectivity index (χ1) is 3.13. The minimum Gasteiger partial charge on any atom is -0.0997 e. The van der Waals surface area contributed by atoms with Crippen molar-refractivity contribution < 1.29 is 0 Å². The van der Waals surface area contributed by atoms with E-state index in [0.29, 0.717) is 0 Å². The third-order valence-corrected chi connectivity index (χ3v) is 2.67. The van der Waals surface area contributed by atoms with E-state index >= 15 is 0 Å². The van der Waals surface area contributed by atoms with Gasteiger partial charge in [0.15, 0.2) is 0 Å². The van der Waals surface area contributed by atoms with Crippen molar-refractivity contribution in [3.05, 3.63) is 12.2 Å². The molecule has 0 aromatic heterocycles. The van der Waals surface area contributed by atoms with Crippen molar-refractivity contribution in [3.63, 3.8) is 0 Å². The van der Waals surface area contributed by atoms with Crippen molar-refractivity contribution in [2.45, 2.75) is 6.92 Å². The average Bonchev–Trinajstić information content (AvgIpc) is 1.27. The van der Waals surface area contributed by atoms with Gasteiger partial charge in [-0.3, -0.25) is 0 Å². The van der Waals surface area contributed by atoms with E-state index < -0.39 is 0 Å². The van der Waals surface area contributed by atoms with Gasteiger partial charge in [0.1, 0.15) is 0 Å². The normalized spacial score (nSPS) is 9.71. The first-order valence-electron chi connectivity index (χ1n) is 1.86. The second-order valence-corrected chi connectivity index (χ2v) is 10.3. The molecule has 0 atom stereocenters. The van der Waals surface area contributed by atoms with Crippen LogP contribution in [0.1, 0.15) is 6.92 Å². The van der Waals surface area contributed by atoms with Gasteiger partial charge in [0.05, 0.1) is 0 Å². The van der Waals surface area contributed by atoms with Gasteiger partial charge in [0.25, 0.3) is 0 Å². The molecule has 0 heterocycles. The Hall–Kier alpha value is 1.13. The van der Waals surface area contributed by atoms with Gasteiger partial charge in [-0.25, -0.2) is 0 Å². The van der Waals surface area contributed by atoms with Crippen molar-refractivity contribution in [1.29, 1.82) is 0 Å². The predicted octanol–water partition coefficient (Wildman–Crippen LogP) is 3.66. The molecule has 0 amide bonds. The lowest BCUT2D eigenvalue weighted by molar-refractivity contribution is 1.44. The van der Waals surface area contributed by atoms with Crippen LogP contribution in [0.25, 0.3) is 0 Å². The predicted molar refractivity (Wildman–Crippen MR) is 44.5 cm³/mol. The Balaban J connectivity index is 3.13. The third kappa shape index (κ3) is 7.13. The minimum absolute atomic E-state index is 0.114. The van der Waals surface area contributed by atoms with Gasteiger partial charge >= 0.3 is 0 Å². The summed E-state index contributed by atoms with van der Waals surface area (Å²) in [4.78, 5) is 0. The number of hydrogen-bond acceptors (Lipinski definition) is 0. The van der Waals surface area contributed by atoms with Crippen molar-refractivity contribution in [3.8, 4) is 0 Å². The number of allylic oxidation sites excluding steroid dienone is 1. The molecule has 42 valence electrons. The molecule has 0 saturated carbocycles. The summed E-state index contributed by atoms with van der Waals surface area (Å²) in [5.41, 5.74) is 1.22. The Kier molecular flexibility index (Phi) is 4.71. The van der Waals surface area contributed by atoms with Crippen LogP contribution >= 0.6 is 36.3 Å². The maximum absolute atomic E-state index is 3.75. The van der Waals surface area contributed by atoms with Crippen LogP contribution in [0.15, 0.2) is 12.2 Å². The van der Waals surface area contributed by atoms with Gasteiger partial charge in [-0.2, -0.15) is 0 Å². The minimum atomic E-state index is -0.114. The van der Waals surface area contributed by atoms with Crippen LogP contribution in [-0.4, -0.2) is 6.16 Å². The first-order valence-corrected chi connectivity index (χ1v) is 7.43. The Morgan fingerprint density at radius 1 is 1.71 bits per heavy atom. The van der Waals surface area contributed by atoms with E-state index in [9.17, 15) is 0 Å². The van der Waals surface area contributed by atoms with E-state index in [1.165, 1.54) is 5.57 Å². The summed E-state index contributed by atoms with van der Waals surface area (Å²) >= 11 is 6.79. The summed E-state index contributed by atoms with van der Waals surface area (Å²) < 4.78 is 0. The molecule has 0 saturated heterocycles. The van der Waals surface area contributed by atoms with Crippen molar-refractivity contribution in [2.24, 2.45) is 0 Å². The lowest BCUT2D eigenvalue weighted by atomic mass is 10.4. The smallest absolute Gasteiger partial charge is 0.0387 e. The van der Waals surface area contributed by atoms with Crippen LogP contribution in [0.3, 0.4) is 0 Å². The zero-order valence-electron chi connectivity index (χ0n) is 4.12. The second kappa shape index (κ2) is 4.05. The van der Waals surface area contributed by atoms with Gasteiger partial charge in [0.2, 0.25) is 0 Å². The fourth-order valence-electron chi connectivity index (χ4n) is 0.204. The summed E-state index contributed by atoms with van der Waals surface area (Å²) in [6.45, 7) is 5.78. The molecule has 0 radical (unpaired) electrons. The van der Waals surface area contributed by atoms with Crippen LogP contribution in [0.2, 0.25) is 0 Å². The molecule has 0 N–H and O–H groups in total. The highest BCUT2D eigenvalue weighted by molar-refractivity contribution is 9.69. The highest BCUT2D eigenvalue weighted by atomic mass is 79.9. The monoisotopic (exact) mass is 244 g/mol. The molecule has 0 aliphatic rings. The van der Waals surface area contributed by atoms with Crippen LogP contribution in [-0.2, 0) is 0 Å². The number of hydrogen-bond donors (Lipinski definition) is 0. The van der Waals surface area contributed by atoms with Gasteiger partial charge in [-0.1, -0.05) is 12.2 Å². The molecule has 3 heteroatoms. The molecule has 0 aliphatic heterocycles. The molecular weight excluding hydrogens is 239 g/mol. The largest absolute Gasteiger partial charge is 0.0997 e. The van der Waals surface area contributed by atoms with Crippen LogP contribution in [0.4, 0.5) is 0 Å². The SMILES string of the molecule is C=C(C)CP(Br)Br. The quantitative estimate of drug-likeness (QED) is 0.515. The molecule has 0 rings (SSSR count). The highest BCUT2D eigenvalue weighted by Gasteiger charge is 1.94. The maximum Gasteiger partial charge on any atom is 0.0387 e. The lowest BCUT2D eigenvalue weighted by Gasteiger charge is -1.96. The Morgan fingerprint density at radius 2 is 2.14 bits per heavy atom. The number of halogens is 2. The van der Waals surface area contributed by atoms with Crippen molar-refractivity contribution >= 4 is 36.3 Å². The Labute approximate surface area is 61.6 Å². The fourth-order valence-corrected chi connectivity index (χ4v) is 3.18. The van der Waals surface area contributed by atoms with E-state index in [1.807, 2.05) is 6.92 Å². The van der Waals surface area contributed by atoms with Crippen LogP contribution in [0, 0.1) is 0 Å². The molecule has 7 heavy (non-hydrogen) atoms. The van der Waals surface area contributed by atoms with E-state index in [0.717, 1.165) is 6.16 Å². The molecule has 0 unspecified atom stereocenters. The van der Waals surface area contributed by atoms with Gasteiger partial charge in [-0.05, 0) is 37.9 Å². The molecule has 0 aliphatic carbocycles. The zero-order chi connectivity index (χ0) is 5.86. The standard InChI is InChI=1S/C4H7Br2P/c1-4(2)3-7(5)6/h1,3H2,2H3. The molecular formula is C4H7Br2P. The Bertz CT molecular complexity index is 70.1. The van der Waals surface area contributed by atoms with Crippen LogP contribution < -0.4 is 0 Å². The summed E-state index contributed by atoms with van der Waals surface area (Å²) in [7, 11) is 0. The molecule has 0 aromatic carbocycles. The average molecular weight is 246 g/mol. The summed E-state index contributed by atoms with van der Waals surface area (Å²) in [5.74, 6) is 0. The Morgan fingerprint density at radius 3 is 2.14 bits per heavy atom. The topological polar surface area (TPSA) is 0 Å². The first kappa shape index (κ1) is 8.13. The summed E-state index contributed by atoms with van der Waals surface area (Å²) in [6.07, 6.45) is 1.06. The highest BCUT2D eigenvalue weighted by Crippen LogP contribution is 2.52. The van der Waals surface area contributed by atoms with Gasteiger partial charge in [-0.15, -0.1) is 0 Å². The van der Waals surface area contributed by atoms with Crippen molar-refractivity contribution in [2.75, 3.05) is 6.16 Å². The van der Waals surface area contributed by atoms with E-state index in [-0.39, 0.29) is 5.33 Å². The molecule has 0 bridgehead atoms. The third-order valence-electron chi connectivity index (χ3n) is 0.389. The van der Waals surface area contributed by atoms with Gasteiger partial charge in [0, 0.05) is 11.5 Å². The van der Waals surface area contributed by atoms with Crippen molar-refractivity contribution in [1.82, 2.24) is 0 Å². The van der Waals surface area contributed by atoms with Crippen LogP contribution in [0.5, 0.6) is 0 Å². The zero-order valence-corrected chi connectivity index (χ0v) is 8.18. The molecule has 0 spiro atoms. The fraction of sp³-hybridized carbons (Fsp3) is 0.500. The van der Waals surface area contributed by atoms with E-state index in [4.69, 9.17) is 0 Å². The van der Waals surface area contributed by atoms with E-state index in [2.05, 4.69) is 37.6 Å².